The molecule has 20 heavy (non-hydrogen) atoms. The summed E-state index contributed by atoms with van der Waals surface area (Å²) in [6.07, 6.45) is 5.00. The van der Waals surface area contributed by atoms with Gasteiger partial charge in [0, 0.05) is 5.56 Å². The highest BCUT2D eigenvalue weighted by Crippen LogP contribution is 2.32. The van der Waals surface area contributed by atoms with Crippen LogP contribution in [0.5, 0.6) is 11.5 Å². The highest BCUT2D eigenvalue weighted by Gasteiger charge is 2.09. The molecular weight excluding hydrogens is 256 g/mol. The maximum atomic E-state index is 11.5. The molecule has 0 aliphatic rings. The third kappa shape index (κ3) is 4.39. The van der Waals surface area contributed by atoms with Crippen molar-refractivity contribution in [3.05, 3.63) is 42.0 Å². The number of allylic oxidation sites excluding steroid dienone is 2. The summed E-state index contributed by atoms with van der Waals surface area (Å²) in [5.74, 6) is -0.0206. The first-order valence-electron chi connectivity index (χ1n) is 6.19. The van der Waals surface area contributed by atoms with Crippen molar-refractivity contribution in [3.8, 4) is 11.5 Å². The van der Waals surface area contributed by atoms with Crippen molar-refractivity contribution in [2.24, 2.45) is 0 Å². The number of ether oxygens (including phenoxy) is 1. The highest BCUT2D eigenvalue weighted by molar-refractivity contribution is 6.05. The second kappa shape index (κ2) is 7.28. The van der Waals surface area contributed by atoms with Crippen LogP contribution in [0, 0.1) is 0 Å². The second-order valence-electron chi connectivity index (χ2n) is 4.40. The number of ketones is 2. The number of hydrogen-bond acceptors (Lipinski definition) is 4. The summed E-state index contributed by atoms with van der Waals surface area (Å²) in [6, 6.07) is 3.37. The zero-order chi connectivity index (χ0) is 15.1. The SMILES string of the molecule is C=CCc1cc(C=CC(=O)CC(C)=O)cc(OC)c1O. The van der Waals surface area contributed by atoms with Crippen LogP contribution in [0.1, 0.15) is 24.5 Å². The smallest absolute Gasteiger partial charge is 0.163 e. The van der Waals surface area contributed by atoms with Crippen LogP contribution in [0.25, 0.3) is 6.08 Å². The zero-order valence-electron chi connectivity index (χ0n) is 11.7. The first-order chi connectivity index (χ1) is 9.47. The van der Waals surface area contributed by atoms with Crippen molar-refractivity contribution in [1.82, 2.24) is 0 Å². The van der Waals surface area contributed by atoms with E-state index in [0.717, 1.165) is 0 Å². The van der Waals surface area contributed by atoms with E-state index in [-0.39, 0.29) is 23.7 Å². The first kappa shape index (κ1) is 15.7. The fourth-order valence-corrected chi connectivity index (χ4v) is 1.75. The molecule has 0 amide bonds. The highest BCUT2D eigenvalue weighted by atomic mass is 16.5. The third-order valence-electron chi connectivity index (χ3n) is 2.65. The van der Waals surface area contributed by atoms with E-state index in [4.69, 9.17) is 4.74 Å². The van der Waals surface area contributed by atoms with Crippen LogP contribution < -0.4 is 4.74 Å². The standard InChI is InChI=1S/C16H18O4/c1-4-5-13-9-12(10-15(20-3)16(13)19)6-7-14(18)8-11(2)17/h4,6-7,9-10,19H,1,5,8H2,2-3H3. The van der Waals surface area contributed by atoms with Crippen molar-refractivity contribution >= 4 is 17.6 Å². The van der Waals surface area contributed by atoms with E-state index >= 15 is 0 Å². The van der Waals surface area contributed by atoms with Crippen molar-refractivity contribution in [3.63, 3.8) is 0 Å². The number of carbonyl (C=O) groups is 2. The summed E-state index contributed by atoms with van der Waals surface area (Å²) in [4.78, 5) is 22.3. The zero-order valence-corrected chi connectivity index (χ0v) is 11.7. The summed E-state index contributed by atoms with van der Waals surface area (Å²) in [6.45, 7) is 5.00. The molecule has 0 saturated carbocycles. The fourth-order valence-electron chi connectivity index (χ4n) is 1.75. The molecular formula is C16H18O4. The lowest BCUT2D eigenvalue weighted by molar-refractivity contribution is -0.123. The Kier molecular flexibility index (Phi) is 5.72. The van der Waals surface area contributed by atoms with Crippen molar-refractivity contribution in [1.29, 1.82) is 0 Å². The second-order valence-corrected chi connectivity index (χ2v) is 4.40. The Bertz CT molecular complexity index is 556. The maximum absolute atomic E-state index is 11.5. The summed E-state index contributed by atoms with van der Waals surface area (Å²) in [5.41, 5.74) is 1.38. The molecule has 0 bridgehead atoms. The Morgan fingerprint density at radius 1 is 1.40 bits per heavy atom. The molecule has 1 N–H and O–H groups in total. The molecule has 0 unspecified atom stereocenters. The van der Waals surface area contributed by atoms with Gasteiger partial charge >= 0.3 is 0 Å². The topological polar surface area (TPSA) is 63.6 Å². The van der Waals surface area contributed by atoms with Crippen molar-refractivity contribution in [2.75, 3.05) is 7.11 Å². The van der Waals surface area contributed by atoms with Crippen LogP contribution in [0.2, 0.25) is 0 Å². The van der Waals surface area contributed by atoms with Crippen molar-refractivity contribution in [2.45, 2.75) is 19.8 Å². The Hall–Kier alpha value is -2.36. The number of Topliss-reactive ketones (excluding diaryl/α,β-unsaturated/α-hetero) is 1. The van der Waals surface area contributed by atoms with Crippen LogP contribution in [0.4, 0.5) is 0 Å². The minimum absolute atomic E-state index is 0.0691. The number of rotatable bonds is 7. The molecule has 4 heteroatoms. The van der Waals surface area contributed by atoms with E-state index in [2.05, 4.69) is 6.58 Å². The monoisotopic (exact) mass is 274 g/mol. The lowest BCUT2D eigenvalue weighted by Gasteiger charge is -2.09. The fraction of sp³-hybridized carbons (Fsp3) is 0.250. The van der Waals surface area contributed by atoms with Gasteiger partial charge in [-0.15, -0.1) is 6.58 Å². The summed E-state index contributed by atoms with van der Waals surface area (Å²) < 4.78 is 5.09. The number of benzene rings is 1. The van der Waals surface area contributed by atoms with Crippen LogP contribution >= 0.6 is 0 Å². The number of methoxy groups -OCH3 is 1. The molecule has 4 nitrogen and oxygen atoms in total. The molecule has 1 rings (SSSR count). The number of phenols is 1. The number of aromatic hydroxyl groups is 1. The summed E-state index contributed by atoms with van der Waals surface area (Å²) in [7, 11) is 1.46. The Balaban J connectivity index is 3.03. The van der Waals surface area contributed by atoms with E-state index in [1.54, 1.807) is 24.3 Å². The van der Waals surface area contributed by atoms with Gasteiger partial charge in [0.15, 0.2) is 17.3 Å². The lowest BCUT2D eigenvalue weighted by atomic mass is 10.0. The number of phenolic OH excluding ortho intramolecular Hbond substituents is 1. The van der Waals surface area contributed by atoms with Crippen LogP contribution in [-0.4, -0.2) is 23.8 Å². The van der Waals surface area contributed by atoms with Gasteiger partial charge in [0.25, 0.3) is 0 Å². The molecule has 0 heterocycles. The van der Waals surface area contributed by atoms with Gasteiger partial charge in [0.05, 0.1) is 13.5 Å². The third-order valence-corrected chi connectivity index (χ3v) is 2.65. The summed E-state index contributed by atoms with van der Waals surface area (Å²) in [5, 5.41) is 9.93. The van der Waals surface area contributed by atoms with Gasteiger partial charge in [-0.25, -0.2) is 0 Å². The molecule has 1 aromatic carbocycles. The van der Waals surface area contributed by atoms with Gasteiger partial charge in [0.2, 0.25) is 0 Å². The average Bonchev–Trinajstić information content (AvgIpc) is 2.39. The van der Waals surface area contributed by atoms with Gasteiger partial charge in [-0.3, -0.25) is 9.59 Å². The predicted molar refractivity (Wildman–Crippen MR) is 77.9 cm³/mol. The molecule has 0 aromatic heterocycles. The van der Waals surface area contributed by atoms with Crippen LogP contribution in [0.15, 0.2) is 30.9 Å². The molecule has 0 atom stereocenters. The lowest BCUT2D eigenvalue weighted by Crippen LogP contribution is -2.00. The largest absolute Gasteiger partial charge is 0.504 e. The van der Waals surface area contributed by atoms with E-state index in [9.17, 15) is 14.7 Å². The average molecular weight is 274 g/mol. The van der Waals surface area contributed by atoms with Gasteiger partial charge in [-0.2, -0.15) is 0 Å². The molecule has 0 aliphatic carbocycles. The minimum atomic E-state index is -0.255. The molecule has 0 saturated heterocycles. The maximum Gasteiger partial charge on any atom is 0.163 e. The molecule has 0 radical (unpaired) electrons. The van der Waals surface area contributed by atoms with Gasteiger partial charge in [-0.1, -0.05) is 12.2 Å². The molecule has 106 valence electrons. The Morgan fingerprint density at radius 2 is 2.10 bits per heavy atom. The van der Waals surface area contributed by atoms with Crippen LogP contribution in [0.3, 0.4) is 0 Å². The van der Waals surface area contributed by atoms with Gasteiger partial charge < -0.3 is 9.84 Å². The first-order valence-corrected chi connectivity index (χ1v) is 6.19. The van der Waals surface area contributed by atoms with Gasteiger partial charge in [0.1, 0.15) is 5.78 Å². The van der Waals surface area contributed by atoms with E-state index < -0.39 is 0 Å². The summed E-state index contributed by atoms with van der Waals surface area (Å²) >= 11 is 0. The van der Waals surface area contributed by atoms with Crippen molar-refractivity contribution < 1.29 is 19.4 Å². The Morgan fingerprint density at radius 3 is 2.65 bits per heavy atom. The number of hydrogen-bond donors (Lipinski definition) is 1. The quantitative estimate of drug-likeness (QED) is 0.471. The number of carbonyl (C=O) groups excluding carboxylic acids is 2. The van der Waals surface area contributed by atoms with E-state index in [1.807, 2.05) is 0 Å². The van der Waals surface area contributed by atoms with Gasteiger partial charge in [-0.05, 0) is 37.1 Å². The molecule has 0 aliphatic heterocycles. The van der Waals surface area contributed by atoms with Crippen LogP contribution in [-0.2, 0) is 16.0 Å². The molecule has 0 spiro atoms. The normalized spacial score (nSPS) is 10.5. The molecule has 1 aromatic rings. The minimum Gasteiger partial charge on any atom is -0.504 e. The Labute approximate surface area is 118 Å². The van der Waals surface area contributed by atoms with E-state index in [0.29, 0.717) is 23.3 Å². The van der Waals surface area contributed by atoms with E-state index in [1.165, 1.54) is 20.1 Å². The predicted octanol–water partition coefficient (Wildman–Crippen LogP) is 2.69. The molecule has 0 fully saturated rings.